The van der Waals surface area contributed by atoms with Crippen molar-refractivity contribution in [2.24, 2.45) is 10.7 Å². The maximum Gasteiger partial charge on any atom is 0.290 e. The summed E-state index contributed by atoms with van der Waals surface area (Å²) in [4.78, 5) is 16.8. The van der Waals surface area contributed by atoms with Gasteiger partial charge >= 0.3 is 0 Å². The van der Waals surface area contributed by atoms with Gasteiger partial charge in [-0.25, -0.2) is 13.8 Å². The molecule has 1 fully saturated rings. The van der Waals surface area contributed by atoms with Crippen LogP contribution >= 0.6 is 0 Å². The monoisotopic (exact) mass is 377 g/mol. The zero-order valence-corrected chi connectivity index (χ0v) is 14.9. The Hall–Kier alpha value is -2.90. The maximum absolute atomic E-state index is 13.9. The van der Waals surface area contributed by atoms with Gasteiger partial charge in [0.15, 0.2) is 5.82 Å². The number of amides is 1. The highest BCUT2D eigenvalue weighted by Crippen LogP contribution is 2.27. The highest BCUT2D eigenvalue weighted by atomic mass is 19.1. The lowest BCUT2D eigenvalue weighted by molar-refractivity contribution is -0.123. The average Bonchev–Trinajstić information content (AvgIpc) is 2.64. The molecule has 0 spiro atoms. The number of benzene rings is 1. The third-order valence-corrected chi connectivity index (χ3v) is 4.44. The van der Waals surface area contributed by atoms with Crippen LogP contribution in [0.5, 0.6) is 0 Å². The van der Waals surface area contributed by atoms with Crippen LogP contribution in [-0.4, -0.2) is 30.9 Å². The van der Waals surface area contributed by atoms with Crippen LogP contribution in [0, 0.1) is 11.6 Å². The van der Waals surface area contributed by atoms with E-state index in [9.17, 15) is 13.6 Å². The topological polar surface area (TPSA) is 85.9 Å². The van der Waals surface area contributed by atoms with Crippen molar-refractivity contribution in [3.63, 3.8) is 0 Å². The average molecular weight is 377 g/mol. The molecular weight excluding hydrogens is 356 g/mol. The van der Waals surface area contributed by atoms with E-state index < -0.39 is 17.5 Å². The molecule has 1 aromatic rings. The summed E-state index contributed by atoms with van der Waals surface area (Å²) in [6.07, 6.45) is 3.34. The van der Waals surface area contributed by atoms with E-state index in [0.29, 0.717) is 43.1 Å². The standard InChI is InChI=1S/C19H21F2N3O3/c1-11-18(27-8-7-26-11)19(25)24-16-4-2-3-15(13(16)10-22)23-17-6-5-12(20)9-14(17)21/h5-6,9-10,16H,2-4,7-8,22H2,1H3,(H,24,25)/b13-10+,23-15?. The van der Waals surface area contributed by atoms with Crippen molar-refractivity contribution in [2.75, 3.05) is 13.2 Å². The Labute approximate surface area is 155 Å². The smallest absolute Gasteiger partial charge is 0.290 e. The molecule has 8 heteroatoms. The summed E-state index contributed by atoms with van der Waals surface area (Å²) in [5, 5.41) is 2.87. The van der Waals surface area contributed by atoms with Crippen molar-refractivity contribution >= 4 is 17.3 Å². The molecule has 1 aliphatic heterocycles. The minimum atomic E-state index is -0.751. The lowest BCUT2D eigenvalue weighted by Crippen LogP contribution is -2.42. The number of hydrogen-bond donors (Lipinski definition) is 2. The minimum Gasteiger partial charge on any atom is -0.491 e. The first-order chi connectivity index (χ1) is 13.0. The number of hydrogen-bond acceptors (Lipinski definition) is 5. The fourth-order valence-corrected chi connectivity index (χ4v) is 3.13. The number of ether oxygens (including phenoxy) is 2. The molecule has 3 N–H and O–H groups in total. The molecule has 1 atom stereocenters. The number of halogens is 2. The molecule has 144 valence electrons. The molecule has 1 heterocycles. The van der Waals surface area contributed by atoms with Crippen LogP contribution in [0.15, 0.2) is 46.5 Å². The first kappa shape index (κ1) is 18.9. The largest absolute Gasteiger partial charge is 0.491 e. The summed E-state index contributed by atoms with van der Waals surface area (Å²) in [5.74, 6) is -1.25. The molecule has 1 unspecified atom stereocenters. The predicted octanol–water partition coefficient (Wildman–Crippen LogP) is 2.83. The number of nitrogens with one attached hydrogen (secondary N) is 1. The number of rotatable bonds is 3. The molecule has 1 saturated carbocycles. The van der Waals surface area contributed by atoms with E-state index in [1.165, 1.54) is 12.3 Å². The Morgan fingerprint density at radius 1 is 1.33 bits per heavy atom. The molecule has 0 aromatic heterocycles. The third kappa shape index (κ3) is 4.27. The van der Waals surface area contributed by atoms with E-state index in [1.54, 1.807) is 6.92 Å². The highest BCUT2D eigenvalue weighted by molar-refractivity contribution is 6.04. The fraction of sp³-hybridized carbons (Fsp3) is 0.368. The van der Waals surface area contributed by atoms with Crippen LogP contribution in [0.4, 0.5) is 14.5 Å². The van der Waals surface area contributed by atoms with Gasteiger partial charge in [0.2, 0.25) is 5.76 Å². The van der Waals surface area contributed by atoms with Gasteiger partial charge in [-0.3, -0.25) is 4.79 Å². The van der Waals surface area contributed by atoms with Crippen LogP contribution in [0.3, 0.4) is 0 Å². The lowest BCUT2D eigenvalue weighted by Gasteiger charge is -2.28. The second-order valence-corrected chi connectivity index (χ2v) is 6.28. The highest BCUT2D eigenvalue weighted by Gasteiger charge is 2.29. The molecular formula is C19H21F2N3O3. The second-order valence-electron chi connectivity index (χ2n) is 6.28. The number of carbonyl (C=O) groups excluding carboxylic acids is 1. The molecule has 1 amide bonds. The van der Waals surface area contributed by atoms with Crippen molar-refractivity contribution in [2.45, 2.75) is 32.2 Å². The van der Waals surface area contributed by atoms with Gasteiger partial charge in [0.05, 0.1) is 11.7 Å². The van der Waals surface area contributed by atoms with Gasteiger partial charge in [-0.1, -0.05) is 0 Å². The summed E-state index contributed by atoms with van der Waals surface area (Å²) in [6.45, 7) is 2.37. The molecule has 0 saturated heterocycles. The van der Waals surface area contributed by atoms with Crippen LogP contribution in [0.2, 0.25) is 0 Å². The summed E-state index contributed by atoms with van der Waals surface area (Å²) in [7, 11) is 0. The van der Waals surface area contributed by atoms with Crippen LogP contribution in [-0.2, 0) is 14.3 Å². The number of aliphatic imine (C=N–C) groups is 1. The Kier molecular flexibility index (Phi) is 5.73. The predicted molar refractivity (Wildman–Crippen MR) is 96.1 cm³/mol. The summed E-state index contributed by atoms with van der Waals surface area (Å²) >= 11 is 0. The van der Waals surface area contributed by atoms with Gasteiger partial charge in [-0.05, 0) is 38.3 Å². The van der Waals surface area contributed by atoms with Crippen molar-refractivity contribution in [1.29, 1.82) is 0 Å². The third-order valence-electron chi connectivity index (χ3n) is 4.44. The zero-order chi connectivity index (χ0) is 19.4. The van der Waals surface area contributed by atoms with E-state index in [0.717, 1.165) is 18.6 Å². The van der Waals surface area contributed by atoms with Crippen molar-refractivity contribution in [1.82, 2.24) is 5.32 Å². The molecule has 1 aliphatic carbocycles. The van der Waals surface area contributed by atoms with Crippen molar-refractivity contribution < 1.29 is 23.0 Å². The second kappa shape index (κ2) is 8.20. The molecule has 1 aromatic carbocycles. The minimum absolute atomic E-state index is 0.0280. The van der Waals surface area contributed by atoms with Gasteiger partial charge in [-0.2, -0.15) is 0 Å². The van der Waals surface area contributed by atoms with Gasteiger partial charge < -0.3 is 20.5 Å². The van der Waals surface area contributed by atoms with E-state index in [-0.39, 0.29) is 17.5 Å². The first-order valence-corrected chi connectivity index (χ1v) is 8.71. The normalized spacial score (nSPS) is 23.1. The number of carbonyl (C=O) groups is 1. The maximum atomic E-state index is 13.9. The molecule has 2 aliphatic rings. The Balaban J connectivity index is 1.81. The van der Waals surface area contributed by atoms with E-state index >= 15 is 0 Å². The van der Waals surface area contributed by atoms with Crippen LogP contribution in [0.25, 0.3) is 0 Å². The Morgan fingerprint density at radius 2 is 2.11 bits per heavy atom. The molecule has 3 rings (SSSR count). The summed E-state index contributed by atoms with van der Waals surface area (Å²) in [5.41, 5.74) is 6.96. The van der Waals surface area contributed by atoms with Crippen molar-refractivity contribution in [3.8, 4) is 0 Å². The van der Waals surface area contributed by atoms with E-state index in [1.807, 2.05) is 0 Å². The SMILES string of the molecule is CC1=C(C(=O)NC2CCCC(=Nc3ccc(F)cc3F)/C2=C\N)OCCO1. The number of allylic oxidation sites excluding steroid dienone is 1. The Morgan fingerprint density at radius 3 is 2.81 bits per heavy atom. The van der Waals surface area contributed by atoms with Crippen LogP contribution < -0.4 is 11.1 Å². The molecule has 0 bridgehead atoms. The van der Waals surface area contributed by atoms with E-state index in [2.05, 4.69) is 10.3 Å². The number of nitrogens with two attached hydrogens (primary N) is 1. The zero-order valence-electron chi connectivity index (χ0n) is 14.9. The van der Waals surface area contributed by atoms with Gasteiger partial charge in [0.1, 0.15) is 24.8 Å². The summed E-state index contributed by atoms with van der Waals surface area (Å²) in [6, 6.07) is 2.81. The van der Waals surface area contributed by atoms with Gasteiger partial charge in [0, 0.05) is 23.6 Å². The van der Waals surface area contributed by atoms with Gasteiger partial charge in [0.25, 0.3) is 5.91 Å². The molecule has 27 heavy (non-hydrogen) atoms. The molecule has 6 nitrogen and oxygen atoms in total. The van der Waals surface area contributed by atoms with Crippen LogP contribution in [0.1, 0.15) is 26.2 Å². The van der Waals surface area contributed by atoms with Crippen molar-refractivity contribution in [3.05, 3.63) is 53.1 Å². The molecule has 0 radical (unpaired) electrons. The fourth-order valence-electron chi connectivity index (χ4n) is 3.13. The van der Waals surface area contributed by atoms with E-state index in [4.69, 9.17) is 15.2 Å². The number of nitrogens with zero attached hydrogens (tertiary/aromatic N) is 1. The van der Waals surface area contributed by atoms with Gasteiger partial charge in [-0.15, -0.1) is 0 Å². The Bertz CT molecular complexity index is 833. The first-order valence-electron chi connectivity index (χ1n) is 8.71. The summed E-state index contributed by atoms with van der Waals surface area (Å²) < 4.78 is 37.7. The lowest BCUT2D eigenvalue weighted by atomic mass is 9.88. The quantitative estimate of drug-likeness (QED) is 0.848.